The van der Waals surface area contributed by atoms with Crippen molar-refractivity contribution in [3.05, 3.63) is 0 Å². The zero-order chi connectivity index (χ0) is 5.56. The summed E-state index contributed by atoms with van der Waals surface area (Å²) in [7, 11) is 0. The molecule has 0 spiro atoms. The first-order valence-corrected chi connectivity index (χ1v) is 3.09. The first-order valence-electron chi connectivity index (χ1n) is 3.09. The van der Waals surface area contributed by atoms with Crippen LogP contribution in [0.2, 0.25) is 0 Å². The number of hydrogen-bond acceptors (Lipinski definition) is 3. The molecule has 2 heterocycles. The fraction of sp³-hybridized carbons (Fsp3) is 1.00. The van der Waals surface area contributed by atoms with E-state index in [2.05, 4.69) is 5.32 Å². The van der Waals surface area contributed by atoms with Gasteiger partial charge in [0.2, 0.25) is 0 Å². The average molecular weight is 113 g/mol. The maximum absolute atomic E-state index is 5.55. The van der Waals surface area contributed by atoms with E-state index in [1.54, 1.807) is 0 Å². The molecule has 0 aromatic carbocycles. The van der Waals surface area contributed by atoms with Crippen LogP contribution in [0.5, 0.6) is 0 Å². The fourth-order valence-corrected chi connectivity index (χ4v) is 1.48. The quantitative estimate of drug-likeness (QED) is 0.386. The lowest BCUT2D eigenvalue weighted by atomic mass is 9.96. The van der Waals surface area contributed by atoms with Gasteiger partial charge < -0.3 is 5.32 Å². The molecule has 0 saturated carbocycles. The molecule has 0 bridgehead atoms. The largest absolute Gasteiger partial charge is 0.312 e. The number of rotatable bonds is 0. The molecule has 0 aliphatic carbocycles. The summed E-state index contributed by atoms with van der Waals surface area (Å²) in [6, 6.07) is 0.722. The van der Waals surface area contributed by atoms with Crippen molar-refractivity contribution in [3.8, 4) is 0 Å². The zero-order valence-electron chi connectivity index (χ0n) is 4.80. The number of nitrogens with two attached hydrogens (primary N) is 1. The van der Waals surface area contributed by atoms with Gasteiger partial charge in [0, 0.05) is 31.6 Å². The van der Waals surface area contributed by atoms with Crippen LogP contribution in [0.4, 0.5) is 0 Å². The standard InChI is InChI=1S/C5H11N3/c6-8-2-4-1-7-5(4)3-8/h4-5,7H,1-3,6H2. The maximum atomic E-state index is 5.55. The minimum Gasteiger partial charge on any atom is -0.312 e. The maximum Gasteiger partial charge on any atom is 0.0286 e. The van der Waals surface area contributed by atoms with Crippen molar-refractivity contribution in [2.45, 2.75) is 6.04 Å². The second-order valence-corrected chi connectivity index (χ2v) is 2.73. The molecule has 2 saturated heterocycles. The predicted molar refractivity (Wildman–Crippen MR) is 31.0 cm³/mol. The molecule has 46 valence electrons. The van der Waals surface area contributed by atoms with Crippen LogP contribution in [0.25, 0.3) is 0 Å². The van der Waals surface area contributed by atoms with Crippen LogP contribution in [0.1, 0.15) is 0 Å². The van der Waals surface area contributed by atoms with Crippen molar-refractivity contribution in [3.63, 3.8) is 0 Å². The van der Waals surface area contributed by atoms with Gasteiger partial charge in [-0.1, -0.05) is 0 Å². The third-order valence-electron chi connectivity index (χ3n) is 2.11. The first-order chi connectivity index (χ1) is 3.86. The second kappa shape index (κ2) is 1.43. The number of nitrogens with zero attached hydrogens (tertiary/aromatic N) is 1. The SMILES string of the molecule is NN1CC2CNC2C1. The van der Waals surface area contributed by atoms with Crippen molar-refractivity contribution in [1.29, 1.82) is 0 Å². The molecule has 2 aliphatic heterocycles. The summed E-state index contributed by atoms with van der Waals surface area (Å²) in [5.41, 5.74) is 0. The van der Waals surface area contributed by atoms with Crippen molar-refractivity contribution in [1.82, 2.24) is 10.3 Å². The number of hydrogen-bond donors (Lipinski definition) is 2. The summed E-state index contributed by atoms with van der Waals surface area (Å²) >= 11 is 0. The van der Waals surface area contributed by atoms with Gasteiger partial charge in [0.1, 0.15) is 0 Å². The van der Waals surface area contributed by atoms with E-state index in [0.29, 0.717) is 0 Å². The van der Waals surface area contributed by atoms with Crippen molar-refractivity contribution >= 4 is 0 Å². The van der Waals surface area contributed by atoms with Crippen molar-refractivity contribution in [2.75, 3.05) is 19.6 Å². The highest BCUT2D eigenvalue weighted by molar-refractivity contribution is 4.95. The molecule has 2 unspecified atom stereocenters. The third kappa shape index (κ3) is 0.491. The molecule has 8 heavy (non-hydrogen) atoms. The zero-order valence-corrected chi connectivity index (χ0v) is 4.80. The van der Waals surface area contributed by atoms with E-state index >= 15 is 0 Å². The van der Waals surface area contributed by atoms with E-state index < -0.39 is 0 Å². The third-order valence-corrected chi connectivity index (χ3v) is 2.11. The predicted octanol–water partition coefficient (Wildman–Crippen LogP) is -1.24. The molecule has 3 nitrogen and oxygen atoms in total. The lowest BCUT2D eigenvalue weighted by molar-refractivity contribution is 0.296. The summed E-state index contributed by atoms with van der Waals surface area (Å²) in [6.45, 7) is 3.32. The summed E-state index contributed by atoms with van der Waals surface area (Å²) in [5.74, 6) is 6.41. The minimum atomic E-state index is 0.722. The Hall–Kier alpha value is -0.120. The van der Waals surface area contributed by atoms with E-state index in [1.807, 2.05) is 5.01 Å². The van der Waals surface area contributed by atoms with Gasteiger partial charge in [-0.2, -0.15) is 0 Å². The Balaban J connectivity index is 2.00. The van der Waals surface area contributed by atoms with Crippen LogP contribution in [0.3, 0.4) is 0 Å². The Morgan fingerprint density at radius 2 is 2.38 bits per heavy atom. The minimum absolute atomic E-state index is 0.722. The van der Waals surface area contributed by atoms with E-state index in [0.717, 1.165) is 25.0 Å². The van der Waals surface area contributed by atoms with Gasteiger partial charge in [-0.05, 0) is 0 Å². The van der Waals surface area contributed by atoms with E-state index in [1.165, 1.54) is 6.54 Å². The summed E-state index contributed by atoms with van der Waals surface area (Å²) in [5, 5.41) is 5.21. The van der Waals surface area contributed by atoms with Gasteiger partial charge >= 0.3 is 0 Å². The van der Waals surface area contributed by atoms with Crippen molar-refractivity contribution < 1.29 is 0 Å². The number of hydrazine groups is 1. The molecular formula is C5H11N3. The smallest absolute Gasteiger partial charge is 0.0286 e. The number of fused-ring (bicyclic) bond motifs is 1. The van der Waals surface area contributed by atoms with E-state index in [-0.39, 0.29) is 0 Å². The molecule has 0 aromatic rings. The highest BCUT2D eigenvalue weighted by atomic mass is 15.4. The average Bonchev–Trinajstić information content (AvgIpc) is 1.91. The van der Waals surface area contributed by atoms with Gasteiger partial charge in [0.05, 0.1) is 0 Å². The van der Waals surface area contributed by atoms with E-state index in [4.69, 9.17) is 5.84 Å². The molecule has 2 aliphatic rings. The van der Waals surface area contributed by atoms with Crippen LogP contribution >= 0.6 is 0 Å². The molecule has 0 radical (unpaired) electrons. The van der Waals surface area contributed by atoms with Crippen LogP contribution in [0, 0.1) is 5.92 Å². The Morgan fingerprint density at radius 1 is 1.50 bits per heavy atom. The molecule has 3 heteroatoms. The Morgan fingerprint density at radius 3 is 2.62 bits per heavy atom. The van der Waals surface area contributed by atoms with Gasteiger partial charge in [0.25, 0.3) is 0 Å². The van der Waals surface area contributed by atoms with Crippen LogP contribution in [0.15, 0.2) is 0 Å². The second-order valence-electron chi connectivity index (χ2n) is 2.73. The van der Waals surface area contributed by atoms with Gasteiger partial charge in [-0.3, -0.25) is 5.84 Å². The molecular weight excluding hydrogens is 102 g/mol. The lowest BCUT2D eigenvalue weighted by Gasteiger charge is -2.30. The Labute approximate surface area is 48.8 Å². The van der Waals surface area contributed by atoms with Gasteiger partial charge in [0.15, 0.2) is 0 Å². The van der Waals surface area contributed by atoms with Crippen LogP contribution < -0.4 is 11.2 Å². The monoisotopic (exact) mass is 113 g/mol. The van der Waals surface area contributed by atoms with Crippen LogP contribution in [-0.4, -0.2) is 30.7 Å². The topological polar surface area (TPSA) is 41.3 Å². The molecule has 2 fully saturated rings. The molecule has 3 N–H and O–H groups in total. The fourth-order valence-electron chi connectivity index (χ4n) is 1.48. The summed E-state index contributed by atoms with van der Waals surface area (Å²) < 4.78 is 0. The highest BCUT2D eigenvalue weighted by Gasteiger charge is 2.37. The lowest BCUT2D eigenvalue weighted by Crippen LogP contribution is -2.51. The van der Waals surface area contributed by atoms with Crippen molar-refractivity contribution in [2.24, 2.45) is 11.8 Å². The summed E-state index contributed by atoms with van der Waals surface area (Å²) in [6.07, 6.45) is 0. The normalized spacial score (nSPS) is 46.1. The van der Waals surface area contributed by atoms with Gasteiger partial charge in [-0.25, -0.2) is 5.01 Å². The molecule has 2 atom stereocenters. The molecule has 0 amide bonds. The Bertz CT molecular complexity index is 91.8. The Kier molecular flexibility index (Phi) is 0.848. The summed E-state index contributed by atoms with van der Waals surface area (Å²) in [4.78, 5) is 0. The molecule has 0 aromatic heterocycles. The van der Waals surface area contributed by atoms with E-state index in [9.17, 15) is 0 Å². The first kappa shape index (κ1) is 4.73. The van der Waals surface area contributed by atoms with Crippen LogP contribution in [-0.2, 0) is 0 Å². The highest BCUT2D eigenvalue weighted by Crippen LogP contribution is 2.20. The molecule has 2 rings (SSSR count). The number of nitrogens with one attached hydrogen (secondary N) is 1. The van der Waals surface area contributed by atoms with Gasteiger partial charge in [-0.15, -0.1) is 0 Å².